The van der Waals surface area contributed by atoms with Crippen LogP contribution in [0.1, 0.15) is 26.3 Å². The number of alkyl carbamates (subject to hydrolysis) is 1. The van der Waals surface area contributed by atoms with Gasteiger partial charge in [0.1, 0.15) is 11.6 Å². The van der Waals surface area contributed by atoms with Crippen LogP contribution >= 0.6 is 0 Å². The summed E-state index contributed by atoms with van der Waals surface area (Å²) in [5.41, 5.74) is -0.425. The molecule has 0 bridgehead atoms. The molecule has 0 aliphatic rings. The number of aliphatic carboxylic acids is 1. The average molecular weight is 299 g/mol. The monoisotopic (exact) mass is 299 g/mol. The van der Waals surface area contributed by atoms with Crippen molar-refractivity contribution >= 4 is 12.1 Å². The van der Waals surface area contributed by atoms with Crippen LogP contribution in [0.5, 0.6) is 5.75 Å². The first-order valence-electron chi connectivity index (χ1n) is 6.28. The fourth-order valence-electron chi connectivity index (χ4n) is 1.56. The summed E-state index contributed by atoms with van der Waals surface area (Å²) in [5, 5.41) is 20.4. The molecule has 0 aromatic heterocycles. The molecule has 1 aromatic rings. The number of carbonyl (C=O) groups excluding carboxylic acids is 1. The Morgan fingerprint density at radius 1 is 1.38 bits per heavy atom. The number of phenols is 1. The average Bonchev–Trinajstić information content (AvgIpc) is 2.30. The number of phenolic OH excluding ortho intramolecular Hbond substituents is 1. The zero-order valence-electron chi connectivity index (χ0n) is 12.0. The Hall–Kier alpha value is -2.31. The van der Waals surface area contributed by atoms with E-state index in [-0.39, 0.29) is 6.42 Å². The Bertz CT molecular complexity index is 539. The van der Waals surface area contributed by atoms with Gasteiger partial charge >= 0.3 is 12.1 Å². The van der Waals surface area contributed by atoms with Crippen molar-refractivity contribution in [3.05, 3.63) is 29.6 Å². The lowest BCUT2D eigenvalue weighted by Gasteiger charge is -2.22. The van der Waals surface area contributed by atoms with Gasteiger partial charge in [-0.15, -0.1) is 0 Å². The summed E-state index contributed by atoms with van der Waals surface area (Å²) in [7, 11) is 0. The summed E-state index contributed by atoms with van der Waals surface area (Å²) in [6.45, 7) is 4.95. The standard InChI is InChI=1S/C14H18FNO5/c1-14(2,3)21-13(20)16-10(12(18)19)7-8-4-5-11(17)9(15)6-8/h4-6,10,17H,7H2,1-3H3,(H,16,20)(H,18,19)/t10-/m0/s1. The van der Waals surface area contributed by atoms with Crippen molar-refractivity contribution in [2.45, 2.75) is 38.8 Å². The molecular formula is C14H18FNO5. The maximum absolute atomic E-state index is 13.2. The van der Waals surface area contributed by atoms with Crippen LogP contribution in [0.4, 0.5) is 9.18 Å². The van der Waals surface area contributed by atoms with Crippen LogP contribution in [0.3, 0.4) is 0 Å². The summed E-state index contributed by atoms with van der Waals surface area (Å²) < 4.78 is 18.2. The smallest absolute Gasteiger partial charge is 0.408 e. The van der Waals surface area contributed by atoms with Crippen LogP contribution < -0.4 is 5.32 Å². The molecule has 1 aromatic carbocycles. The maximum Gasteiger partial charge on any atom is 0.408 e. The number of aromatic hydroxyl groups is 1. The lowest BCUT2D eigenvalue weighted by atomic mass is 10.1. The van der Waals surface area contributed by atoms with Gasteiger partial charge in [-0.05, 0) is 38.5 Å². The molecule has 0 heterocycles. The van der Waals surface area contributed by atoms with Gasteiger partial charge in [-0.2, -0.15) is 0 Å². The Morgan fingerprint density at radius 2 is 2.00 bits per heavy atom. The molecule has 0 fully saturated rings. The van der Waals surface area contributed by atoms with E-state index in [1.54, 1.807) is 20.8 Å². The quantitative estimate of drug-likeness (QED) is 0.790. The topological polar surface area (TPSA) is 95.9 Å². The van der Waals surface area contributed by atoms with E-state index in [0.717, 1.165) is 12.1 Å². The molecule has 6 nitrogen and oxygen atoms in total. The second-order valence-electron chi connectivity index (χ2n) is 5.53. The van der Waals surface area contributed by atoms with Gasteiger partial charge in [0, 0.05) is 6.42 Å². The van der Waals surface area contributed by atoms with Gasteiger partial charge in [0.05, 0.1) is 0 Å². The highest BCUT2D eigenvalue weighted by Crippen LogP contribution is 2.17. The zero-order chi connectivity index (χ0) is 16.2. The molecule has 0 unspecified atom stereocenters. The molecule has 0 saturated carbocycles. The first-order chi connectivity index (χ1) is 9.58. The highest BCUT2D eigenvalue weighted by Gasteiger charge is 2.24. The SMILES string of the molecule is CC(C)(C)OC(=O)N[C@@H](Cc1ccc(O)c(F)c1)C(=O)O. The zero-order valence-corrected chi connectivity index (χ0v) is 12.0. The number of rotatable bonds is 4. The highest BCUT2D eigenvalue weighted by molar-refractivity contribution is 5.80. The van der Waals surface area contributed by atoms with Crippen LogP contribution in [0.15, 0.2) is 18.2 Å². The molecule has 0 radical (unpaired) electrons. The van der Waals surface area contributed by atoms with E-state index in [1.165, 1.54) is 6.07 Å². The van der Waals surface area contributed by atoms with Crippen molar-refractivity contribution in [1.82, 2.24) is 5.32 Å². The largest absolute Gasteiger partial charge is 0.505 e. The molecule has 0 aliphatic carbocycles. The Morgan fingerprint density at radius 3 is 2.48 bits per heavy atom. The summed E-state index contributed by atoms with van der Waals surface area (Å²) in [6.07, 6.45) is -1.000. The van der Waals surface area contributed by atoms with Crippen LogP contribution in [0.25, 0.3) is 0 Å². The molecule has 1 atom stereocenters. The Labute approximate surface area is 121 Å². The number of amides is 1. The number of carboxylic acids is 1. The van der Waals surface area contributed by atoms with E-state index >= 15 is 0 Å². The van der Waals surface area contributed by atoms with Crippen LogP contribution in [0.2, 0.25) is 0 Å². The molecule has 0 saturated heterocycles. The summed E-state index contributed by atoms with van der Waals surface area (Å²) in [5.74, 6) is -2.64. The molecule has 1 amide bonds. The second kappa shape index (κ2) is 6.43. The molecule has 116 valence electrons. The van der Waals surface area contributed by atoms with Gasteiger partial charge in [0.25, 0.3) is 0 Å². The molecule has 3 N–H and O–H groups in total. The number of benzene rings is 1. The minimum Gasteiger partial charge on any atom is -0.505 e. The van der Waals surface area contributed by atoms with Crippen molar-refractivity contribution in [2.75, 3.05) is 0 Å². The van der Waals surface area contributed by atoms with Gasteiger partial charge in [0.15, 0.2) is 11.6 Å². The normalized spacial score (nSPS) is 12.6. The number of halogens is 1. The number of carbonyl (C=O) groups is 2. The first kappa shape index (κ1) is 16.7. The predicted octanol–water partition coefficient (Wildman–Crippen LogP) is 2.05. The van der Waals surface area contributed by atoms with E-state index in [4.69, 9.17) is 14.9 Å². The molecule has 21 heavy (non-hydrogen) atoms. The highest BCUT2D eigenvalue weighted by atomic mass is 19.1. The molecule has 1 rings (SSSR count). The molecule has 7 heteroatoms. The lowest BCUT2D eigenvalue weighted by Crippen LogP contribution is -2.44. The Kier molecular flexibility index (Phi) is 5.12. The first-order valence-corrected chi connectivity index (χ1v) is 6.28. The third-order valence-corrected chi connectivity index (χ3v) is 2.44. The van der Waals surface area contributed by atoms with Gasteiger partial charge < -0.3 is 20.3 Å². The van der Waals surface area contributed by atoms with Crippen molar-refractivity contribution in [3.8, 4) is 5.75 Å². The van der Waals surface area contributed by atoms with Crippen molar-refractivity contribution in [2.24, 2.45) is 0 Å². The van der Waals surface area contributed by atoms with E-state index in [9.17, 15) is 14.0 Å². The van der Waals surface area contributed by atoms with Gasteiger partial charge in [-0.1, -0.05) is 6.07 Å². The van der Waals surface area contributed by atoms with Gasteiger partial charge in [0.2, 0.25) is 0 Å². The van der Waals surface area contributed by atoms with E-state index in [2.05, 4.69) is 5.32 Å². The lowest BCUT2D eigenvalue weighted by molar-refractivity contribution is -0.139. The summed E-state index contributed by atoms with van der Waals surface area (Å²) in [6, 6.07) is 2.26. The third kappa shape index (κ3) is 5.68. The minimum atomic E-state index is -1.27. The van der Waals surface area contributed by atoms with Gasteiger partial charge in [-0.3, -0.25) is 0 Å². The molecule has 0 aliphatic heterocycles. The fraction of sp³-hybridized carbons (Fsp3) is 0.429. The number of ether oxygens (including phenoxy) is 1. The van der Waals surface area contributed by atoms with E-state index < -0.39 is 35.3 Å². The van der Waals surface area contributed by atoms with E-state index in [0.29, 0.717) is 5.56 Å². The number of carboxylic acid groups (broad SMARTS) is 1. The second-order valence-corrected chi connectivity index (χ2v) is 5.53. The van der Waals surface area contributed by atoms with Crippen molar-refractivity contribution in [3.63, 3.8) is 0 Å². The molecule has 0 spiro atoms. The number of hydrogen-bond donors (Lipinski definition) is 3. The van der Waals surface area contributed by atoms with Crippen molar-refractivity contribution in [1.29, 1.82) is 0 Å². The van der Waals surface area contributed by atoms with Gasteiger partial charge in [-0.25, -0.2) is 14.0 Å². The maximum atomic E-state index is 13.2. The van der Waals surface area contributed by atoms with E-state index in [1.807, 2.05) is 0 Å². The third-order valence-electron chi connectivity index (χ3n) is 2.44. The minimum absolute atomic E-state index is 0.133. The van der Waals surface area contributed by atoms with Crippen LogP contribution in [0, 0.1) is 5.82 Å². The number of hydrogen-bond acceptors (Lipinski definition) is 4. The summed E-state index contributed by atoms with van der Waals surface area (Å²) in [4.78, 5) is 22.7. The number of nitrogens with one attached hydrogen (secondary N) is 1. The van der Waals surface area contributed by atoms with Crippen LogP contribution in [-0.4, -0.2) is 33.9 Å². The van der Waals surface area contributed by atoms with Crippen LogP contribution in [-0.2, 0) is 16.0 Å². The summed E-state index contributed by atoms with van der Waals surface area (Å²) >= 11 is 0. The Balaban J connectivity index is 2.76. The predicted molar refractivity (Wildman–Crippen MR) is 72.6 cm³/mol. The fourth-order valence-corrected chi connectivity index (χ4v) is 1.56. The van der Waals surface area contributed by atoms with Crippen molar-refractivity contribution < 1.29 is 28.9 Å². The molecular weight excluding hydrogens is 281 g/mol.